The minimum Gasteiger partial charge on any atom is -0.336 e. The lowest BCUT2D eigenvalue weighted by molar-refractivity contribution is 0.251. The first-order valence-electron chi connectivity index (χ1n) is 5.68. The van der Waals surface area contributed by atoms with E-state index >= 15 is 0 Å². The van der Waals surface area contributed by atoms with E-state index in [9.17, 15) is 13.6 Å². The fourth-order valence-electron chi connectivity index (χ4n) is 1.66. The molecule has 5 nitrogen and oxygen atoms in total. The predicted octanol–water partition coefficient (Wildman–Crippen LogP) is 1.33. The molecule has 1 saturated heterocycles. The highest BCUT2D eigenvalue weighted by molar-refractivity contribution is 9.09. The summed E-state index contributed by atoms with van der Waals surface area (Å²) in [4.78, 5) is 11.8. The maximum absolute atomic E-state index is 13.3. The smallest absolute Gasteiger partial charge is 0.319 e. The van der Waals surface area contributed by atoms with Crippen LogP contribution in [0.2, 0.25) is 0 Å². The number of hydrogen-bond donors (Lipinski definition) is 4. The van der Waals surface area contributed by atoms with Crippen molar-refractivity contribution in [2.45, 2.75) is 10.9 Å². The van der Waals surface area contributed by atoms with Gasteiger partial charge in [-0.05, 0) is 12.1 Å². The predicted molar refractivity (Wildman–Crippen MR) is 71.0 cm³/mol. The third-order valence-electron chi connectivity index (χ3n) is 2.68. The number of carbonyl (C=O) groups is 1. The van der Waals surface area contributed by atoms with Crippen LogP contribution in [0.1, 0.15) is 0 Å². The molecule has 2 amide bonds. The lowest BCUT2D eigenvalue weighted by Gasteiger charge is -2.14. The van der Waals surface area contributed by atoms with E-state index in [1.807, 2.05) is 0 Å². The molecule has 0 aliphatic carbocycles. The standard InChI is InChI=1S/C11H13BrF2N4O/c12-7-4-16-18-10(7)5-15-11(19)17-9-2-1-6(13)3-8(9)14/h1-3,7,10,16,18H,4-5H2,(H2,15,17,19). The number of rotatable bonds is 3. The number of alkyl halides is 1. The maximum atomic E-state index is 13.3. The molecule has 0 bridgehead atoms. The van der Waals surface area contributed by atoms with Gasteiger partial charge < -0.3 is 10.6 Å². The number of benzene rings is 1. The van der Waals surface area contributed by atoms with Crippen molar-refractivity contribution in [2.24, 2.45) is 0 Å². The Bertz CT molecular complexity index is 474. The van der Waals surface area contributed by atoms with E-state index < -0.39 is 17.7 Å². The average Bonchev–Trinajstić information content (AvgIpc) is 2.76. The van der Waals surface area contributed by atoms with E-state index in [0.29, 0.717) is 12.6 Å². The first-order chi connectivity index (χ1) is 9.06. The Morgan fingerprint density at radius 1 is 1.47 bits per heavy atom. The molecule has 0 saturated carbocycles. The van der Waals surface area contributed by atoms with Crippen molar-refractivity contribution in [3.63, 3.8) is 0 Å². The van der Waals surface area contributed by atoms with E-state index in [1.165, 1.54) is 6.07 Å². The number of anilines is 1. The van der Waals surface area contributed by atoms with Gasteiger partial charge in [-0.25, -0.2) is 13.6 Å². The number of urea groups is 1. The Labute approximate surface area is 117 Å². The number of hydrogen-bond acceptors (Lipinski definition) is 3. The van der Waals surface area contributed by atoms with Crippen LogP contribution in [0.3, 0.4) is 0 Å². The van der Waals surface area contributed by atoms with E-state index in [2.05, 4.69) is 37.4 Å². The molecule has 4 N–H and O–H groups in total. The Balaban J connectivity index is 1.84. The number of halogens is 3. The summed E-state index contributed by atoms with van der Waals surface area (Å²) < 4.78 is 26.0. The van der Waals surface area contributed by atoms with Crippen molar-refractivity contribution in [1.82, 2.24) is 16.2 Å². The summed E-state index contributed by atoms with van der Waals surface area (Å²) in [7, 11) is 0. The van der Waals surface area contributed by atoms with Gasteiger partial charge in [0.25, 0.3) is 0 Å². The third-order valence-corrected chi connectivity index (χ3v) is 3.64. The van der Waals surface area contributed by atoms with E-state index in [0.717, 1.165) is 12.6 Å². The molecule has 8 heteroatoms. The second kappa shape index (κ2) is 6.27. The lowest BCUT2D eigenvalue weighted by Crippen LogP contribution is -2.43. The van der Waals surface area contributed by atoms with Gasteiger partial charge in [0, 0.05) is 24.0 Å². The highest BCUT2D eigenvalue weighted by atomic mass is 79.9. The molecule has 2 unspecified atom stereocenters. The van der Waals surface area contributed by atoms with Gasteiger partial charge in [-0.3, -0.25) is 10.9 Å². The number of hydrazine groups is 1. The normalized spacial score (nSPS) is 22.3. The minimum absolute atomic E-state index is 0.0452. The van der Waals surface area contributed by atoms with Gasteiger partial charge in [0.1, 0.15) is 11.6 Å². The van der Waals surface area contributed by atoms with Crippen LogP contribution < -0.4 is 21.5 Å². The zero-order chi connectivity index (χ0) is 13.8. The molecule has 0 aromatic heterocycles. The Morgan fingerprint density at radius 3 is 2.89 bits per heavy atom. The van der Waals surface area contributed by atoms with Crippen molar-refractivity contribution in [3.8, 4) is 0 Å². The maximum Gasteiger partial charge on any atom is 0.319 e. The topological polar surface area (TPSA) is 65.2 Å². The largest absolute Gasteiger partial charge is 0.336 e. The molecule has 1 fully saturated rings. The quantitative estimate of drug-likeness (QED) is 0.630. The van der Waals surface area contributed by atoms with Crippen LogP contribution in [0.4, 0.5) is 19.3 Å². The van der Waals surface area contributed by atoms with Gasteiger partial charge in [-0.15, -0.1) is 0 Å². The molecule has 19 heavy (non-hydrogen) atoms. The summed E-state index contributed by atoms with van der Waals surface area (Å²) in [6.07, 6.45) is 0. The fourth-order valence-corrected chi connectivity index (χ4v) is 2.14. The molecular formula is C11H13BrF2N4O. The van der Waals surface area contributed by atoms with E-state index in [4.69, 9.17) is 0 Å². The van der Waals surface area contributed by atoms with Crippen LogP contribution in [0.15, 0.2) is 18.2 Å². The van der Waals surface area contributed by atoms with Crippen LogP contribution in [-0.2, 0) is 0 Å². The van der Waals surface area contributed by atoms with Crippen molar-refractivity contribution in [3.05, 3.63) is 29.8 Å². The molecule has 2 rings (SSSR count). The minimum atomic E-state index is -0.811. The molecule has 1 aromatic carbocycles. The Morgan fingerprint density at radius 2 is 2.26 bits per heavy atom. The van der Waals surface area contributed by atoms with Crippen LogP contribution in [0.5, 0.6) is 0 Å². The molecule has 1 aromatic rings. The Kier molecular flexibility index (Phi) is 4.67. The van der Waals surface area contributed by atoms with Crippen molar-refractivity contribution in [2.75, 3.05) is 18.4 Å². The zero-order valence-corrected chi connectivity index (χ0v) is 11.4. The Hall–Kier alpha value is -1.25. The van der Waals surface area contributed by atoms with Gasteiger partial charge in [-0.2, -0.15) is 0 Å². The lowest BCUT2D eigenvalue weighted by atomic mass is 10.2. The monoisotopic (exact) mass is 334 g/mol. The summed E-state index contributed by atoms with van der Waals surface area (Å²) in [6, 6.07) is 2.47. The van der Waals surface area contributed by atoms with Crippen molar-refractivity contribution >= 4 is 27.6 Å². The van der Waals surface area contributed by atoms with Gasteiger partial charge in [-0.1, -0.05) is 15.9 Å². The van der Waals surface area contributed by atoms with Gasteiger partial charge in [0.2, 0.25) is 0 Å². The first-order valence-corrected chi connectivity index (χ1v) is 6.60. The van der Waals surface area contributed by atoms with Crippen molar-refractivity contribution in [1.29, 1.82) is 0 Å². The molecule has 2 atom stereocenters. The second-order valence-electron chi connectivity index (χ2n) is 4.11. The van der Waals surface area contributed by atoms with Gasteiger partial charge >= 0.3 is 6.03 Å². The summed E-state index contributed by atoms with van der Waals surface area (Å²) in [6.45, 7) is 1.12. The number of amides is 2. The number of carbonyl (C=O) groups excluding carboxylic acids is 1. The first kappa shape index (κ1) is 14.2. The van der Waals surface area contributed by atoms with E-state index in [-0.39, 0.29) is 16.6 Å². The zero-order valence-electron chi connectivity index (χ0n) is 9.84. The SMILES string of the molecule is O=C(NCC1NNCC1Br)Nc1ccc(F)cc1F. The third kappa shape index (κ3) is 3.85. The van der Waals surface area contributed by atoms with Crippen LogP contribution in [-0.4, -0.2) is 30.0 Å². The summed E-state index contributed by atoms with van der Waals surface area (Å²) in [5.74, 6) is -1.50. The molecule has 1 heterocycles. The highest BCUT2D eigenvalue weighted by Gasteiger charge is 2.24. The van der Waals surface area contributed by atoms with Crippen LogP contribution >= 0.6 is 15.9 Å². The summed E-state index contributed by atoms with van der Waals surface area (Å²) in [5.41, 5.74) is 5.86. The second-order valence-corrected chi connectivity index (χ2v) is 5.28. The molecule has 104 valence electrons. The highest BCUT2D eigenvalue weighted by Crippen LogP contribution is 2.14. The van der Waals surface area contributed by atoms with Gasteiger partial charge in [0.15, 0.2) is 0 Å². The molecular weight excluding hydrogens is 322 g/mol. The van der Waals surface area contributed by atoms with Crippen LogP contribution in [0, 0.1) is 11.6 Å². The average molecular weight is 335 g/mol. The van der Waals surface area contributed by atoms with Crippen LogP contribution in [0.25, 0.3) is 0 Å². The van der Waals surface area contributed by atoms with Gasteiger partial charge in [0.05, 0.1) is 11.7 Å². The molecule has 1 aliphatic rings. The molecule has 0 radical (unpaired) electrons. The summed E-state index contributed by atoms with van der Waals surface area (Å²) in [5, 5.41) is 4.92. The summed E-state index contributed by atoms with van der Waals surface area (Å²) >= 11 is 3.44. The number of nitrogens with one attached hydrogen (secondary N) is 4. The fraction of sp³-hybridized carbons (Fsp3) is 0.364. The van der Waals surface area contributed by atoms with E-state index in [1.54, 1.807) is 0 Å². The molecule has 1 aliphatic heterocycles. The van der Waals surface area contributed by atoms with Crippen molar-refractivity contribution < 1.29 is 13.6 Å². The molecule has 0 spiro atoms.